The molecule has 5 nitrogen and oxygen atoms in total. The molecule has 0 saturated carbocycles. The minimum atomic E-state index is -0.919. The van der Waals surface area contributed by atoms with Gasteiger partial charge in [-0.1, -0.05) is 24.3 Å². The van der Waals surface area contributed by atoms with Gasteiger partial charge in [0, 0.05) is 12.1 Å². The quantitative estimate of drug-likeness (QED) is 0.768. The second-order valence-electron chi connectivity index (χ2n) is 5.85. The molecular weight excluding hydrogens is 256 g/mol. The first-order valence-corrected chi connectivity index (χ1v) is 6.71. The van der Waals surface area contributed by atoms with Crippen molar-refractivity contribution in [2.45, 2.75) is 44.8 Å². The van der Waals surface area contributed by atoms with Crippen molar-refractivity contribution in [3.05, 3.63) is 35.4 Å². The summed E-state index contributed by atoms with van der Waals surface area (Å²) in [4.78, 5) is 23.0. The van der Waals surface area contributed by atoms with E-state index in [9.17, 15) is 9.59 Å². The fourth-order valence-corrected chi connectivity index (χ4v) is 2.48. The van der Waals surface area contributed by atoms with Crippen molar-refractivity contribution in [1.29, 1.82) is 0 Å². The number of carbonyl (C=O) groups excluding carboxylic acids is 1. The molecule has 20 heavy (non-hydrogen) atoms. The molecule has 1 amide bonds. The van der Waals surface area contributed by atoms with Crippen LogP contribution in [-0.4, -0.2) is 28.6 Å². The van der Waals surface area contributed by atoms with Crippen molar-refractivity contribution in [2.75, 3.05) is 0 Å². The number of amides is 1. The van der Waals surface area contributed by atoms with Crippen molar-refractivity contribution in [3.63, 3.8) is 0 Å². The summed E-state index contributed by atoms with van der Waals surface area (Å²) in [6.45, 7) is 4.10. The Hall–Kier alpha value is -1.88. The lowest BCUT2D eigenvalue weighted by Gasteiger charge is -2.30. The largest absolute Gasteiger partial charge is 0.481 e. The van der Waals surface area contributed by atoms with Gasteiger partial charge in [0.1, 0.15) is 0 Å². The molecule has 0 spiro atoms. The third-order valence-corrected chi connectivity index (χ3v) is 3.45. The molecule has 0 aliphatic carbocycles. The topological polar surface area (TPSA) is 78.4 Å². The average molecular weight is 276 g/mol. The normalized spacial score (nSPS) is 18.2. The Morgan fingerprint density at radius 3 is 2.65 bits per heavy atom. The molecule has 1 atom stereocenters. The van der Waals surface area contributed by atoms with E-state index in [1.165, 1.54) is 11.1 Å². The Kier molecular flexibility index (Phi) is 4.09. The van der Waals surface area contributed by atoms with Crippen molar-refractivity contribution in [2.24, 2.45) is 0 Å². The van der Waals surface area contributed by atoms with Crippen LogP contribution >= 0.6 is 0 Å². The molecule has 1 aliphatic heterocycles. The zero-order chi connectivity index (χ0) is 14.8. The minimum Gasteiger partial charge on any atom is -0.481 e. The van der Waals surface area contributed by atoms with Gasteiger partial charge >= 0.3 is 5.97 Å². The highest BCUT2D eigenvalue weighted by molar-refractivity contribution is 5.83. The van der Waals surface area contributed by atoms with Crippen LogP contribution in [0.4, 0.5) is 0 Å². The van der Waals surface area contributed by atoms with Gasteiger partial charge in [0.2, 0.25) is 5.91 Å². The highest BCUT2D eigenvalue weighted by Crippen LogP contribution is 2.17. The van der Waals surface area contributed by atoms with E-state index in [0.29, 0.717) is 13.0 Å². The molecule has 0 radical (unpaired) electrons. The van der Waals surface area contributed by atoms with Crippen LogP contribution in [0.15, 0.2) is 24.3 Å². The van der Waals surface area contributed by atoms with Crippen LogP contribution in [0.2, 0.25) is 0 Å². The van der Waals surface area contributed by atoms with Crippen LogP contribution in [0.25, 0.3) is 0 Å². The molecule has 1 aromatic rings. The molecule has 0 aromatic heterocycles. The molecule has 5 heteroatoms. The molecule has 2 rings (SSSR count). The summed E-state index contributed by atoms with van der Waals surface area (Å²) >= 11 is 0. The molecular formula is C15H20N2O3. The summed E-state index contributed by atoms with van der Waals surface area (Å²) < 4.78 is 0. The number of carbonyl (C=O) groups is 2. The second kappa shape index (κ2) is 5.63. The predicted octanol–water partition coefficient (Wildman–Crippen LogP) is 1.07. The molecule has 1 aliphatic rings. The predicted molar refractivity (Wildman–Crippen MR) is 75.2 cm³/mol. The summed E-state index contributed by atoms with van der Waals surface area (Å²) in [5, 5.41) is 14.8. The number of benzene rings is 1. The summed E-state index contributed by atoms with van der Waals surface area (Å²) in [5.74, 6) is -1.07. The van der Waals surface area contributed by atoms with E-state index in [-0.39, 0.29) is 18.4 Å². The Morgan fingerprint density at radius 2 is 2.00 bits per heavy atom. The van der Waals surface area contributed by atoms with E-state index in [1.807, 2.05) is 24.3 Å². The van der Waals surface area contributed by atoms with E-state index in [1.54, 1.807) is 13.8 Å². The summed E-state index contributed by atoms with van der Waals surface area (Å²) in [5.41, 5.74) is 1.63. The first-order chi connectivity index (χ1) is 9.37. The Bertz CT molecular complexity index is 526. The lowest BCUT2D eigenvalue weighted by atomic mass is 9.94. The number of nitrogens with one attached hydrogen (secondary N) is 2. The number of carboxylic acid groups (broad SMARTS) is 1. The molecule has 108 valence electrons. The lowest BCUT2D eigenvalue weighted by molar-refractivity contribution is -0.138. The summed E-state index contributed by atoms with van der Waals surface area (Å²) in [6.07, 6.45) is 0.535. The van der Waals surface area contributed by atoms with Gasteiger partial charge in [-0.05, 0) is 31.4 Å². The number of hydrogen-bond donors (Lipinski definition) is 3. The molecule has 0 saturated heterocycles. The number of aliphatic carboxylic acids is 1. The zero-order valence-corrected chi connectivity index (χ0v) is 11.8. The summed E-state index contributed by atoms with van der Waals surface area (Å²) in [6, 6.07) is 7.71. The third kappa shape index (κ3) is 3.57. The van der Waals surface area contributed by atoms with E-state index in [0.717, 1.165) is 0 Å². The average Bonchev–Trinajstić information content (AvgIpc) is 2.36. The number of carboxylic acids is 1. The van der Waals surface area contributed by atoms with Gasteiger partial charge in [0.15, 0.2) is 0 Å². The van der Waals surface area contributed by atoms with Crippen molar-refractivity contribution < 1.29 is 14.7 Å². The van der Waals surface area contributed by atoms with Gasteiger partial charge in [0.25, 0.3) is 0 Å². The Balaban J connectivity index is 2.00. The first kappa shape index (κ1) is 14.5. The van der Waals surface area contributed by atoms with E-state index < -0.39 is 11.5 Å². The van der Waals surface area contributed by atoms with Gasteiger partial charge in [-0.3, -0.25) is 9.59 Å². The standard InChI is InChI=1S/C15H20N2O3/c1-15(2,8-13(18)19)17-14(20)12-7-10-5-3-4-6-11(10)9-16-12/h3-6,12,16H,7-9H2,1-2H3,(H,17,20)(H,18,19)/t12-/m1/s1. The fourth-order valence-electron chi connectivity index (χ4n) is 2.48. The van der Waals surface area contributed by atoms with Crippen LogP contribution in [-0.2, 0) is 22.6 Å². The van der Waals surface area contributed by atoms with Gasteiger partial charge in [-0.2, -0.15) is 0 Å². The highest BCUT2D eigenvalue weighted by Gasteiger charge is 2.29. The smallest absolute Gasteiger partial charge is 0.305 e. The number of hydrogen-bond acceptors (Lipinski definition) is 3. The molecule has 0 unspecified atom stereocenters. The monoisotopic (exact) mass is 276 g/mol. The maximum absolute atomic E-state index is 12.2. The number of rotatable bonds is 4. The lowest BCUT2D eigenvalue weighted by Crippen LogP contribution is -2.54. The first-order valence-electron chi connectivity index (χ1n) is 6.71. The van der Waals surface area contributed by atoms with Crippen LogP contribution in [0.3, 0.4) is 0 Å². The van der Waals surface area contributed by atoms with Gasteiger partial charge in [-0.15, -0.1) is 0 Å². The van der Waals surface area contributed by atoms with Gasteiger partial charge < -0.3 is 15.7 Å². The van der Waals surface area contributed by atoms with Crippen LogP contribution in [0.5, 0.6) is 0 Å². The van der Waals surface area contributed by atoms with Crippen LogP contribution in [0.1, 0.15) is 31.4 Å². The van der Waals surface area contributed by atoms with Crippen molar-refractivity contribution >= 4 is 11.9 Å². The summed E-state index contributed by atoms with van der Waals surface area (Å²) in [7, 11) is 0. The second-order valence-corrected chi connectivity index (χ2v) is 5.85. The minimum absolute atomic E-state index is 0.0952. The van der Waals surface area contributed by atoms with Gasteiger partial charge in [0.05, 0.1) is 12.5 Å². The van der Waals surface area contributed by atoms with E-state index >= 15 is 0 Å². The fraction of sp³-hybridized carbons (Fsp3) is 0.467. The molecule has 1 heterocycles. The van der Waals surface area contributed by atoms with Gasteiger partial charge in [-0.25, -0.2) is 0 Å². The Morgan fingerprint density at radius 1 is 1.35 bits per heavy atom. The highest BCUT2D eigenvalue weighted by atomic mass is 16.4. The molecule has 1 aromatic carbocycles. The third-order valence-electron chi connectivity index (χ3n) is 3.45. The van der Waals surface area contributed by atoms with Crippen LogP contribution in [0, 0.1) is 0 Å². The van der Waals surface area contributed by atoms with E-state index in [4.69, 9.17) is 5.11 Å². The molecule has 0 bridgehead atoms. The van der Waals surface area contributed by atoms with Crippen LogP contribution < -0.4 is 10.6 Å². The number of fused-ring (bicyclic) bond motifs is 1. The zero-order valence-electron chi connectivity index (χ0n) is 11.8. The van der Waals surface area contributed by atoms with E-state index in [2.05, 4.69) is 10.6 Å². The maximum Gasteiger partial charge on any atom is 0.305 e. The van der Waals surface area contributed by atoms with Crippen molar-refractivity contribution in [1.82, 2.24) is 10.6 Å². The SMILES string of the molecule is CC(C)(CC(=O)O)NC(=O)[C@H]1Cc2ccccc2CN1. The Labute approximate surface area is 118 Å². The molecule has 3 N–H and O–H groups in total. The van der Waals surface area contributed by atoms with Crippen molar-refractivity contribution in [3.8, 4) is 0 Å². The maximum atomic E-state index is 12.2. The molecule has 0 fully saturated rings.